The van der Waals surface area contributed by atoms with Gasteiger partial charge in [0.15, 0.2) is 0 Å². The van der Waals surface area contributed by atoms with Crippen LogP contribution in [0, 0.1) is 0 Å². The van der Waals surface area contributed by atoms with Gasteiger partial charge in [0.2, 0.25) is 0 Å². The summed E-state index contributed by atoms with van der Waals surface area (Å²) in [6.07, 6.45) is 3.04. The normalized spacial score (nSPS) is 13.2. The van der Waals surface area contributed by atoms with E-state index in [1.54, 1.807) is 42.2 Å². The predicted molar refractivity (Wildman–Crippen MR) is 94.4 cm³/mol. The quantitative estimate of drug-likeness (QED) is 0.721. The van der Waals surface area contributed by atoms with Crippen LogP contribution >= 0.6 is 0 Å². The molecule has 0 aliphatic heterocycles. The van der Waals surface area contributed by atoms with Crippen LogP contribution in [0.5, 0.6) is 0 Å². The maximum absolute atomic E-state index is 12.6. The minimum absolute atomic E-state index is 0.259. The summed E-state index contributed by atoms with van der Waals surface area (Å²) in [5, 5.41) is 21.0. The highest BCUT2D eigenvalue weighted by molar-refractivity contribution is 5.97. The van der Waals surface area contributed by atoms with Crippen molar-refractivity contribution >= 4 is 5.91 Å². The third-order valence-electron chi connectivity index (χ3n) is 4.04. The fraction of sp³-hybridized carbons (Fsp3) is 0.211. The Balaban J connectivity index is 1.70. The number of aliphatic hydroxyl groups is 1. The first-order valence-electron chi connectivity index (χ1n) is 8.13. The van der Waals surface area contributed by atoms with E-state index in [9.17, 15) is 9.90 Å². The van der Waals surface area contributed by atoms with Crippen molar-refractivity contribution in [2.45, 2.75) is 25.5 Å². The van der Waals surface area contributed by atoms with E-state index in [2.05, 4.69) is 15.6 Å². The molecule has 0 unspecified atom stereocenters. The van der Waals surface area contributed by atoms with Crippen LogP contribution in [-0.4, -0.2) is 38.2 Å². The molecule has 3 aromatic rings. The maximum atomic E-state index is 12.6. The predicted octanol–water partition coefficient (Wildman–Crippen LogP) is 1.99. The summed E-state index contributed by atoms with van der Waals surface area (Å²) in [6, 6.07) is 16.5. The molecule has 0 saturated heterocycles. The Kier molecular flexibility index (Phi) is 5.20. The van der Waals surface area contributed by atoms with Gasteiger partial charge in [-0.3, -0.25) is 4.79 Å². The van der Waals surface area contributed by atoms with E-state index in [1.807, 2.05) is 36.4 Å². The number of rotatable bonds is 6. The molecule has 2 N–H and O–H groups in total. The second-order valence-corrected chi connectivity index (χ2v) is 5.88. The first-order chi connectivity index (χ1) is 12.1. The molecule has 6 heteroatoms. The average Bonchev–Trinajstić information content (AvgIpc) is 3.17. The SMILES string of the molecule is C[C@H](NC(=O)c1ccccc1-n1ccnn1)[C@@H](O)Cc1ccccc1. The summed E-state index contributed by atoms with van der Waals surface area (Å²) in [5.74, 6) is -0.259. The summed E-state index contributed by atoms with van der Waals surface area (Å²) in [4.78, 5) is 12.6. The van der Waals surface area contributed by atoms with Gasteiger partial charge in [0.05, 0.1) is 35.8 Å². The second-order valence-electron chi connectivity index (χ2n) is 5.88. The van der Waals surface area contributed by atoms with Gasteiger partial charge in [-0.1, -0.05) is 47.7 Å². The summed E-state index contributed by atoms with van der Waals surface area (Å²) in [5.41, 5.74) is 2.15. The number of aromatic nitrogens is 3. The molecule has 6 nitrogen and oxygen atoms in total. The Morgan fingerprint density at radius 2 is 1.88 bits per heavy atom. The van der Waals surface area contributed by atoms with Crippen LogP contribution in [0.3, 0.4) is 0 Å². The van der Waals surface area contributed by atoms with Crippen molar-refractivity contribution in [3.63, 3.8) is 0 Å². The first kappa shape index (κ1) is 16.9. The van der Waals surface area contributed by atoms with E-state index in [0.29, 0.717) is 17.7 Å². The molecule has 1 amide bonds. The number of benzene rings is 2. The summed E-state index contributed by atoms with van der Waals surface area (Å²) in [7, 11) is 0. The number of amides is 1. The minimum atomic E-state index is -0.676. The number of aliphatic hydroxyl groups excluding tert-OH is 1. The molecule has 3 rings (SSSR count). The van der Waals surface area contributed by atoms with E-state index < -0.39 is 12.1 Å². The number of hydrogen-bond acceptors (Lipinski definition) is 4. The summed E-state index contributed by atoms with van der Waals surface area (Å²) in [6.45, 7) is 1.80. The van der Waals surface area contributed by atoms with Crippen LogP contribution in [0.15, 0.2) is 67.0 Å². The first-order valence-corrected chi connectivity index (χ1v) is 8.13. The number of carbonyl (C=O) groups excluding carboxylic acids is 1. The third-order valence-corrected chi connectivity index (χ3v) is 4.04. The van der Waals surface area contributed by atoms with Crippen LogP contribution in [0.4, 0.5) is 0 Å². The molecular weight excluding hydrogens is 316 g/mol. The highest BCUT2D eigenvalue weighted by Gasteiger charge is 2.20. The van der Waals surface area contributed by atoms with Crippen LogP contribution in [0.25, 0.3) is 5.69 Å². The van der Waals surface area contributed by atoms with Crippen molar-refractivity contribution in [3.05, 3.63) is 78.1 Å². The van der Waals surface area contributed by atoms with Crippen LogP contribution in [0.2, 0.25) is 0 Å². The standard InChI is InChI=1S/C19H20N4O2/c1-14(18(24)13-15-7-3-2-4-8-15)21-19(25)16-9-5-6-10-17(16)23-12-11-20-22-23/h2-12,14,18,24H,13H2,1H3,(H,21,25)/t14-,18-/m0/s1. The van der Waals surface area contributed by atoms with E-state index >= 15 is 0 Å². The fourth-order valence-electron chi connectivity index (χ4n) is 2.62. The fourth-order valence-corrected chi connectivity index (χ4v) is 2.62. The lowest BCUT2D eigenvalue weighted by Crippen LogP contribution is -2.42. The zero-order valence-corrected chi connectivity index (χ0v) is 13.9. The molecule has 0 spiro atoms. The Hall–Kier alpha value is -2.99. The van der Waals surface area contributed by atoms with Gasteiger partial charge < -0.3 is 10.4 Å². The average molecular weight is 336 g/mol. The molecule has 0 aliphatic carbocycles. The summed E-state index contributed by atoms with van der Waals surface area (Å²) < 4.78 is 1.54. The zero-order chi connectivity index (χ0) is 17.6. The molecule has 0 bridgehead atoms. The van der Waals surface area contributed by atoms with Gasteiger partial charge in [-0.15, -0.1) is 5.10 Å². The van der Waals surface area contributed by atoms with Crippen LogP contribution in [-0.2, 0) is 6.42 Å². The molecule has 0 radical (unpaired) electrons. The molecule has 1 heterocycles. The molecule has 2 atom stereocenters. The number of carbonyl (C=O) groups is 1. The second kappa shape index (κ2) is 7.72. The smallest absolute Gasteiger partial charge is 0.253 e. The van der Waals surface area contributed by atoms with Crippen molar-refractivity contribution in [1.29, 1.82) is 0 Å². The largest absolute Gasteiger partial charge is 0.391 e. The van der Waals surface area contributed by atoms with Crippen LogP contribution < -0.4 is 5.32 Å². The topological polar surface area (TPSA) is 80.0 Å². The van der Waals surface area contributed by atoms with Gasteiger partial charge in [0.1, 0.15) is 0 Å². The Bertz CT molecular complexity index is 818. The molecule has 0 fully saturated rings. The summed E-state index contributed by atoms with van der Waals surface area (Å²) >= 11 is 0. The highest BCUT2D eigenvalue weighted by atomic mass is 16.3. The number of nitrogens with zero attached hydrogens (tertiary/aromatic N) is 3. The van der Waals surface area contributed by atoms with Gasteiger partial charge in [0, 0.05) is 6.42 Å². The molecular formula is C19H20N4O2. The van der Waals surface area contributed by atoms with Crippen molar-refractivity contribution in [1.82, 2.24) is 20.3 Å². The Morgan fingerprint density at radius 3 is 2.60 bits per heavy atom. The van der Waals surface area contributed by atoms with Crippen LogP contribution in [0.1, 0.15) is 22.8 Å². The van der Waals surface area contributed by atoms with Gasteiger partial charge in [-0.05, 0) is 24.6 Å². The minimum Gasteiger partial charge on any atom is -0.391 e. The zero-order valence-electron chi connectivity index (χ0n) is 13.9. The van der Waals surface area contributed by atoms with Gasteiger partial charge in [-0.2, -0.15) is 0 Å². The van der Waals surface area contributed by atoms with E-state index in [1.165, 1.54) is 0 Å². The van der Waals surface area contributed by atoms with Gasteiger partial charge >= 0.3 is 0 Å². The molecule has 0 aliphatic rings. The lowest BCUT2D eigenvalue weighted by atomic mass is 10.0. The van der Waals surface area contributed by atoms with Gasteiger partial charge in [0.25, 0.3) is 5.91 Å². The molecule has 25 heavy (non-hydrogen) atoms. The highest BCUT2D eigenvalue weighted by Crippen LogP contribution is 2.14. The van der Waals surface area contributed by atoms with Gasteiger partial charge in [-0.25, -0.2) is 4.68 Å². The molecule has 1 aromatic heterocycles. The van der Waals surface area contributed by atoms with E-state index in [0.717, 1.165) is 5.56 Å². The number of hydrogen-bond donors (Lipinski definition) is 2. The molecule has 0 saturated carbocycles. The maximum Gasteiger partial charge on any atom is 0.253 e. The molecule has 2 aromatic carbocycles. The number of nitrogens with one attached hydrogen (secondary N) is 1. The third kappa shape index (κ3) is 4.10. The Labute approximate surface area is 146 Å². The number of para-hydroxylation sites is 1. The lowest BCUT2D eigenvalue weighted by Gasteiger charge is -2.21. The lowest BCUT2D eigenvalue weighted by molar-refractivity contribution is 0.0851. The Morgan fingerprint density at radius 1 is 1.16 bits per heavy atom. The molecule has 128 valence electrons. The van der Waals surface area contributed by atoms with E-state index in [4.69, 9.17) is 0 Å². The van der Waals surface area contributed by atoms with Crippen molar-refractivity contribution in [2.24, 2.45) is 0 Å². The van der Waals surface area contributed by atoms with Crippen molar-refractivity contribution in [2.75, 3.05) is 0 Å². The van der Waals surface area contributed by atoms with Crippen molar-refractivity contribution < 1.29 is 9.90 Å². The van der Waals surface area contributed by atoms with E-state index in [-0.39, 0.29) is 5.91 Å². The monoisotopic (exact) mass is 336 g/mol. The van der Waals surface area contributed by atoms with Crippen molar-refractivity contribution in [3.8, 4) is 5.69 Å².